The van der Waals surface area contributed by atoms with Gasteiger partial charge in [0.25, 0.3) is 5.56 Å². The van der Waals surface area contributed by atoms with Gasteiger partial charge in [-0.3, -0.25) is 9.36 Å². The first-order valence-electron chi connectivity index (χ1n) is 4.45. The summed E-state index contributed by atoms with van der Waals surface area (Å²) in [5.41, 5.74) is 6.20. The molecule has 0 unspecified atom stereocenters. The summed E-state index contributed by atoms with van der Waals surface area (Å²) in [5.74, 6) is -0.0248. The van der Waals surface area contributed by atoms with Crippen LogP contribution >= 0.6 is 0 Å². The van der Waals surface area contributed by atoms with E-state index in [4.69, 9.17) is 5.73 Å². The maximum absolute atomic E-state index is 11.5. The second kappa shape index (κ2) is 3.49. The Morgan fingerprint density at radius 1 is 1.20 bits per heavy atom. The number of nitrogens with zero attached hydrogens (tertiary/aromatic N) is 1. The molecule has 0 spiro atoms. The molecule has 1 heterocycles. The molecule has 1 aromatic heterocycles. The van der Waals surface area contributed by atoms with Crippen molar-refractivity contribution in [3.05, 3.63) is 52.9 Å². The molecule has 1 aromatic carbocycles. The summed E-state index contributed by atoms with van der Waals surface area (Å²) in [6.45, 7) is 0. The van der Waals surface area contributed by atoms with E-state index in [1.54, 1.807) is 30.5 Å². The molecule has 15 heavy (non-hydrogen) atoms. The Morgan fingerprint density at radius 2 is 2.00 bits per heavy atom. The van der Waals surface area contributed by atoms with Crippen LogP contribution in [0.2, 0.25) is 0 Å². The lowest BCUT2D eigenvalue weighted by atomic mass is 10.2. The number of benzene rings is 1. The quantitative estimate of drug-likeness (QED) is 0.538. The molecule has 0 bridgehead atoms. The number of phenolic OH excluding ortho intramolecular Hbond substituents is 1. The van der Waals surface area contributed by atoms with Crippen LogP contribution in [-0.2, 0) is 0 Å². The van der Waals surface area contributed by atoms with Crippen LogP contribution < -0.4 is 11.3 Å². The number of phenols is 1. The van der Waals surface area contributed by atoms with Crippen molar-refractivity contribution in [3.63, 3.8) is 0 Å². The first kappa shape index (κ1) is 9.33. The van der Waals surface area contributed by atoms with E-state index in [-0.39, 0.29) is 11.3 Å². The zero-order chi connectivity index (χ0) is 10.8. The van der Waals surface area contributed by atoms with E-state index in [1.165, 1.54) is 16.7 Å². The maximum Gasteiger partial charge on any atom is 0.255 e. The molecule has 0 atom stereocenters. The van der Waals surface area contributed by atoms with Gasteiger partial charge in [-0.1, -0.05) is 6.07 Å². The molecule has 0 saturated heterocycles. The third kappa shape index (κ3) is 1.69. The van der Waals surface area contributed by atoms with E-state index in [0.717, 1.165) is 0 Å². The van der Waals surface area contributed by atoms with Gasteiger partial charge in [-0.25, -0.2) is 0 Å². The third-order valence-electron chi connectivity index (χ3n) is 2.11. The fraction of sp³-hybridized carbons (Fsp3) is 0. The van der Waals surface area contributed by atoms with Crippen LogP contribution in [0.25, 0.3) is 5.69 Å². The van der Waals surface area contributed by atoms with E-state index in [0.29, 0.717) is 11.4 Å². The van der Waals surface area contributed by atoms with Gasteiger partial charge in [0.05, 0.1) is 11.4 Å². The van der Waals surface area contributed by atoms with Crippen molar-refractivity contribution in [1.29, 1.82) is 0 Å². The lowest BCUT2D eigenvalue weighted by Crippen LogP contribution is -2.15. The van der Waals surface area contributed by atoms with Crippen LogP contribution in [0.4, 0.5) is 5.69 Å². The Kier molecular flexibility index (Phi) is 2.17. The Bertz CT molecular complexity index is 546. The number of rotatable bonds is 1. The van der Waals surface area contributed by atoms with Crippen LogP contribution in [0, 0.1) is 0 Å². The fourth-order valence-electron chi connectivity index (χ4n) is 1.32. The number of hydrogen-bond donors (Lipinski definition) is 2. The number of nitrogens with two attached hydrogens (primary N) is 1. The number of aromatic nitrogens is 1. The standard InChI is InChI=1S/C11H10N2O2/c12-9-5-4-8(7-10(9)14)13-6-2-1-3-11(13)15/h1-7,14H,12H2. The summed E-state index contributed by atoms with van der Waals surface area (Å²) in [6, 6.07) is 9.55. The second-order valence-electron chi connectivity index (χ2n) is 3.15. The van der Waals surface area contributed by atoms with Crippen LogP contribution in [0.15, 0.2) is 47.4 Å². The summed E-state index contributed by atoms with van der Waals surface area (Å²) in [7, 11) is 0. The van der Waals surface area contributed by atoms with Crippen molar-refractivity contribution in [2.45, 2.75) is 0 Å². The van der Waals surface area contributed by atoms with Gasteiger partial charge >= 0.3 is 0 Å². The molecule has 4 nitrogen and oxygen atoms in total. The van der Waals surface area contributed by atoms with Gasteiger partial charge in [-0.2, -0.15) is 0 Å². The molecule has 3 N–H and O–H groups in total. The van der Waals surface area contributed by atoms with E-state index in [9.17, 15) is 9.90 Å². The first-order valence-corrected chi connectivity index (χ1v) is 4.45. The summed E-state index contributed by atoms with van der Waals surface area (Å²) in [6.07, 6.45) is 1.63. The lowest BCUT2D eigenvalue weighted by molar-refractivity contribution is 0.477. The van der Waals surface area contributed by atoms with E-state index >= 15 is 0 Å². The fourth-order valence-corrected chi connectivity index (χ4v) is 1.32. The molecule has 0 aliphatic carbocycles. The van der Waals surface area contributed by atoms with E-state index < -0.39 is 0 Å². The Hall–Kier alpha value is -2.23. The monoisotopic (exact) mass is 202 g/mol. The average Bonchev–Trinajstić information content (AvgIpc) is 2.23. The maximum atomic E-state index is 11.5. The lowest BCUT2D eigenvalue weighted by Gasteiger charge is -2.06. The van der Waals surface area contributed by atoms with Crippen molar-refractivity contribution in [3.8, 4) is 11.4 Å². The summed E-state index contributed by atoms with van der Waals surface area (Å²) >= 11 is 0. The number of aromatic hydroxyl groups is 1. The number of anilines is 1. The highest BCUT2D eigenvalue weighted by molar-refractivity contribution is 5.56. The smallest absolute Gasteiger partial charge is 0.255 e. The van der Waals surface area contributed by atoms with Gasteiger partial charge in [0.2, 0.25) is 0 Å². The van der Waals surface area contributed by atoms with E-state index in [2.05, 4.69) is 0 Å². The molecule has 0 radical (unpaired) electrons. The zero-order valence-corrected chi connectivity index (χ0v) is 7.92. The summed E-state index contributed by atoms with van der Waals surface area (Å²) < 4.78 is 1.43. The van der Waals surface area contributed by atoms with Crippen molar-refractivity contribution in [2.24, 2.45) is 0 Å². The van der Waals surface area contributed by atoms with Crippen molar-refractivity contribution < 1.29 is 5.11 Å². The molecular weight excluding hydrogens is 192 g/mol. The van der Waals surface area contributed by atoms with Crippen LogP contribution in [0.3, 0.4) is 0 Å². The largest absolute Gasteiger partial charge is 0.506 e. The number of hydrogen-bond acceptors (Lipinski definition) is 3. The number of nitrogen functional groups attached to an aromatic ring is 1. The minimum atomic E-state index is -0.151. The number of pyridine rings is 1. The van der Waals surface area contributed by atoms with Gasteiger partial charge in [0.15, 0.2) is 0 Å². The molecule has 0 saturated carbocycles. The Balaban J connectivity index is 2.60. The zero-order valence-electron chi connectivity index (χ0n) is 7.92. The van der Waals surface area contributed by atoms with Crippen LogP contribution in [0.5, 0.6) is 5.75 Å². The van der Waals surface area contributed by atoms with Gasteiger partial charge in [0.1, 0.15) is 5.75 Å². The van der Waals surface area contributed by atoms with Gasteiger partial charge in [-0.15, -0.1) is 0 Å². The molecule has 4 heteroatoms. The Labute approximate surface area is 86.2 Å². The minimum absolute atomic E-state index is 0.0248. The third-order valence-corrected chi connectivity index (χ3v) is 2.11. The first-order chi connectivity index (χ1) is 7.18. The minimum Gasteiger partial charge on any atom is -0.506 e. The molecule has 0 aliphatic rings. The van der Waals surface area contributed by atoms with Crippen molar-refractivity contribution >= 4 is 5.69 Å². The summed E-state index contributed by atoms with van der Waals surface area (Å²) in [4.78, 5) is 11.5. The van der Waals surface area contributed by atoms with Gasteiger partial charge in [0, 0.05) is 18.3 Å². The van der Waals surface area contributed by atoms with Gasteiger partial charge < -0.3 is 10.8 Å². The van der Waals surface area contributed by atoms with Crippen molar-refractivity contribution in [1.82, 2.24) is 4.57 Å². The highest BCUT2D eigenvalue weighted by atomic mass is 16.3. The van der Waals surface area contributed by atoms with E-state index in [1.807, 2.05) is 0 Å². The highest BCUT2D eigenvalue weighted by Gasteiger charge is 2.01. The normalized spacial score (nSPS) is 10.1. The predicted octanol–water partition coefficient (Wildman–Crippen LogP) is 1.13. The average molecular weight is 202 g/mol. The highest BCUT2D eigenvalue weighted by Crippen LogP contribution is 2.21. The van der Waals surface area contributed by atoms with Crippen molar-refractivity contribution in [2.75, 3.05) is 5.73 Å². The van der Waals surface area contributed by atoms with Crippen LogP contribution in [0.1, 0.15) is 0 Å². The molecule has 0 fully saturated rings. The van der Waals surface area contributed by atoms with Crippen LogP contribution in [-0.4, -0.2) is 9.67 Å². The second-order valence-corrected chi connectivity index (χ2v) is 3.15. The molecule has 2 rings (SSSR count). The molecule has 2 aromatic rings. The molecule has 0 aliphatic heterocycles. The van der Waals surface area contributed by atoms with Gasteiger partial charge in [-0.05, 0) is 18.2 Å². The molecule has 76 valence electrons. The summed E-state index contributed by atoms with van der Waals surface area (Å²) in [5, 5.41) is 9.41. The molecule has 0 amide bonds. The molecular formula is C11H10N2O2. The predicted molar refractivity (Wildman–Crippen MR) is 58.1 cm³/mol. The SMILES string of the molecule is Nc1ccc(-n2ccccc2=O)cc1O. The Morgan fingerprint density at radius 3 is 2.67 bits per heavy atom. The topological polar surface area (TPSA) is 68.2 Å².